The lowest BCUT2D eigenvalue weighted by molar-refractivity contribution is 0.0696. The Kier molecular flexibility index (Phi) is 4.70. The minimum absolute atomic E-state index is 0.113. The largest absolute Gasteiger partial charge is 0.489 e. The number of aromatic carboxylic acids is 1. The Morgan fingerprint density at radius 3 is 2.67 bits per heavy atom. The summed E-state index contributed by atoms with van der Waals surface area (Å²) in [7, 11) is 0. The van der Waals surface area contributed by atoms with E-state index in [9.17, 15) is 14.0 Å². The first-order valence-corrected chi connectivity index (χ1v) is 6.69. The Morgan fingerprint density at radius 2 is 2.05 bits per heavy atom. The summed E-state index contributed by atoms with van der Waals surface area (Å²) in [4.78, 5) is 21.5. The van der Waals surface area contributed by atoms with Crippen molar-refractivity contribution in [2.24, 2.45) is 0 Å². The number of hydrogen-bond donors (Lipinski definition) is 1. The highest BCUT2D eigenvalue weighted by molar-refractivity contribution is 9.10. The fourth-order valence-electron chi connectivity index (χ4n) is 1.69. The van der Waals surface area contributed by atoms with Crippen molar-refractivity contribution in [1.82, 2.24) is 0 Å². The number of carbonyl (C=O) groups excluding carboxylic acids is 1. The highest BCUT2D eigenvalue weighted by Gasteiger charge is 2.08. The van der Waals surface area contributed by atoms with Crippen molar-refractivity contribution in [2.45, 2.75) is 6.61 Å². The van der Waals surface area contributed by atoms with E-state index in [2.05, 4.69) is 15.9 Å². The second-order valence-corrected chi connectivity index (χ2v) is 5.09. The van der Waals surface area contributed by atoms with Crippen molar-refractivity contribution in [1.29, 1.82) is 0 Å². The number of carboxylic acids is 1. The zero-order valence-corrected chi connectivity index (χ0v) is 12.3. The molecule has 0 heterocycles. The summed E-state index contributed by atoms with van der Waals surface area (Å²) in [5, 5.41) is 8.87. The Hall–Kier alpha value is -2.21. The summed E-state index contributed by atoms with van der Waals surface area (Å²) in [6.07, 6.45) is 0.535. The third kappa shape index (κ3) is 3.88. The van der Waals surface area contributed by atoms with Gasteiger partial charge in [0.05, 0.1) is 5.56 Å². The van der Waals surface area contributed by atoms with Crippen LogP contribution in [0.15, 0.2) is 40.9 Å². The van der Waals surface area contributed by atoms with Gasteiger partial charge >= 0.3 is 5.97 Å². The fraction of sp³-hybridized carbons (Fsp3) is 0.0667. The first-order valence-electron chi connectivity index (χ1n) is 5.90. The van der Waals surface area contributed by atoms with Gasteiger partial charge < -0.3 is 9.84 Å². The second-order valence-electron chi connectivity index (χ2n) is 4.24. The number of hydrogen-bond acceptors (Lipinski definition) is 3. The van der Waals surface area contributed by atoms with Gasteiger partial charge in [-0.15, -0.1) is 0 Å². The van der Waals surface area contributed by atoms with E-state index in [4.69, 9.17) is 9.84 Å². The number of rotatable bonds is 5. The molecule has 0 aromatic heterocycles. The molecule has 0 radical (unpaired) electrons. The normalized spacial score (nSPS) is 10.2. The molecule has 0 saturated carbocycles. The molecule has 0 aliphatic heterocycles. The molecule has 2 aromatic carbocycles. The molecule has 0 bridgehead atoms. The average Bonchev–Trinajstić information content (AvgIpc) is 2.45. The van der Waals surface area contributed by atoms with Gasteiger partial charge in [-0.05, 0) is 24.3 Å². The first kappa shape index (κ1) is 15.2. The maximum Gasteiger partial charge on any atom is 0.335 e. The van der Waals surface area contributed by atoms with Crippen LogP contribution in [0, 0.1) is 5.82 Å². The molecule has 2 aromatic rings. The molecular formula is C15H10BrFO4. The monoisotopic (exact) mass is 352 g/mol. The maximum absolute atomic E-state index is 13.2. The molecule has 0 saturated heterocycles. The molecule has 2 rings (SSSR count). The molecule has 21 heavy (non-hydrogen) atoms. The van der Waals surface area contributed by atoms with Gasteiger partial charge in [-0.3, -0.25) is 4.79 Å². The number of benzene rings is 2. The van der Waals surface area contributed by atoms with Gasteiger partial charge in [0.1, 0.15) is 24.5 Å². The minimum atomic E-state index is -1.02. The van der Waals surface area contributed by atoms with Crippen LogP contribution in [0.4, 0.5) is 4.39 Å². The maximum atomic E-state index is 13.2. The molecule has 6 heteroatoms. The quantitative estimate of drug-likeness (QED) is 0.833. The molecule has 0 atom stereocenters. The van der Waals surface area contributed by atoms with Crippen LogP contribution in [0.3, 0.4) is 0 Å². The molecule has 0 aliphatic carbocycles. The zero-order valence-electron chi connectivity index (χ0n) is 10.7. The average molecular weight is 353 g/mol. The van der Waals surface area contributed by atoms with E-state index in [1.54, 1.807) is 6.07 Å². The standard InChI is InChI=1S/C15H10BrFO4/c16-14-5-10(15(19)20)1-2-11(14)8-21-13-4-9(7-18)3-12(17)6-13/h1-7H,8H2,(H,19,20). The molecule has 0 fully saturated rings. The SMILES string of the molecule is O=Cc1cc(F)cc(OCc2ccc(C(=O)O)cc2Br)c1. The molecule has 108 valence electrons. The van der Waals surface area contributed by atoms with Crippen LogP contribution < -0.4 is 4.74 Å². The van der Waals surface area contributed by atoms with Crippen molar-refractivity contribution in [2.75, 3.05) is 0 Å². The first-order chi connectivity index (χ1) is 9.99. The van der Waals surface area contributed by atoms with Crippen LogP contribution in [0.1, 0.15) is 26.3 Å². The third-order valence-corrected chi connectivity index (χ3v) is 3.46. The molecule has 0 amide bonds. The number of carboxylic acid groups (broad SMARTS) is 1. The van der Waals surface area contributed by atoms with Crippen molar-refractivity contribution < 1.29 is 23.8 Å². The smallest absolute Gasteiger partial charge is 0.335 e. The van der Waals surface area contributed by atoms with Gasteiger partial charge in [-0.2, -0.15) is 0 Å². The Bertz CT molecular complexity index is 700. The summed E-state index contributed by atoms with van der Waals surface area (Å²) < 4.78 is 19.2. The van der Waals surface area contributed by atoms with Gasteiger partial charge in [-0.25, -0.2) is 9.18 Å². The summed E-state index contributed by atoms with van der Waals surface area (Å²) in [5.41, 5.74) is 1.04. The van der Waals surface area contributed by atoms with E-state index in [1.807, 2.05) is 0 Å². The fourth-order valence-corrected chi connectivity index (χ4v) is 2.19. The zero-order chi connectivity index (χ0) is 15.4. The molecular weight excluding hydrogens is 343 g/mol. The minimum Gasteiger partial charge on any atom is -0.489 e. The number of ether oxygens (including phenoxy) is 1. The predicted molar refractivity (Wildman–Crippen MR) is 77.2 cm³/mol. The number of carbonyl (C=O) groups is 2. The molecule has 0 aliphatic rings. The van der Waals surface area contributed by atoms with E-state index in [0.717, 1.165) is 6.07 Å². The lowest BCUT2D eigenvalue weighted by Gasteiger charge is -2.09. The van der Waals surface area contributed by atoms with Crippen molar-refractivity contribution in [3.63, 3.8) is 0 Å². The second kappa shape index (κ2) is 6.49. The lowest BCUT2D eigenvalue weighted by atomic mass is 10.1. The van der Waals surface area contributed by atoms with E-state index in [-0.39, 0.29) is 23.5 Å². The summed E-state index contributed by atoms with van der Waals surface area (Å²) in [6, 6.07) is 8.23. The lowest BCUT2D eigenvalue weighted by Crippen LogP contribution is -2.01. The van der Waals surface area contributed by atoms with E-state index < -0.39 is 11.8 Å². The topological polar surface area (TPSA) is 63.6 Å². The van der Waals surface area contributed by atoms with Crippen molar-refractivity contribution in [3.8, 4) is 5.75 Å². The molecule has 0 unspecified atom stereocenters. The van der Waals surface area contributed by atoms with Gasteiger partial charge in [0.2, 0.25) is 0 Å². The highest BCUT2D eigenvalue weighted by Crippen LogP contribution is 2.22. The van der Waals surface area contributed by atoms with Crippen molar-refractivity contribution >= 4 is 28.2 Å². The van der Waals surface area contributed by atoms with E-state index in [0.29, 0.717) is 16.3 Å². The predicted octanol–water partition coefficient (Wildman–Crippen LogP) is 3.68. The molecule has 4 nitrogen and oxygen atoms in total. The summed E-state index contributed by atoms with van der Waals surface area (Å²) in [6.45, 7) is 0.113. The Morgan fingerprint density at radius 1 is 1.29 bits per heavy atom. The van der Waals surface area contributed by atoms with E-state index >= 15 is 0 Å². The molecule has 1 N–H and O–H groups in total. The van der Waals surface area contributed by atoms with Gasteiger partial charge in [-0.1, -0.05) is 22.0 Å². The van der Waals surface area contributed by atoms with Crippen LogP contribution in [0.5, 0.6) is 5.75 Å². The van der Waals surface area contributed by atoms with Crippen LogP contribution in [-0.4, -0.2) is 17.4 Å². The Labute approximate surface area is 128 Å². The van der Waals surface area contributed by atoms with Gasteiger partial charge in [0.15, 0.2) is 0 Å². The molecule has 0 spiro atoms. The summed E-state index contributed by atoms with van der Waals surface area (Å²) >= 11 is 3.26. The summed E-state index contributed by atoms with van der Waals surface area (Å²) in [5.74, 6) is -1.36. The van der Waals surface area contributed by atoms with Gasteiger partial charge in [0, 0.05) is 21.7 Å². The number of aldehydes is 1. The number of halogens is 2. The van der Waals surface area contributed by atoms with Crippen LogP contribution in [-0.2, 0) is 6.61 Å². The highest BCUT2D eigenvalue weighted by atomic mass is 79.9. The van der Waals surface area contributed by atoms with Crippen molar-refractivity contribution in [3.05, 3.63) is 63.4 Å². The van der Waals surface area contributed by atoms with Crippen LogP contribution in [0.25, 0.3) is 0 Å². The van der Waals surface area contributed by atoms with E-state index in [1.165, 1.54) is 24.3 Å². The Balaban J connectivity index is 2.14. The van der Waals surface area contributed by atoms with Crippen LogP contribution in [0.2, 0.25) is 0 Å². The van der Waals surface area contributed by atoms with Gasteiger partial charge in [0.25, 0.3) is 0 Å². The third-order valence-electron chi connectivity index (χ3n) is 2.72. The van der Waals surface area contributed by atoms with Crippen LogP contribution >= 0.6 is 15.9 Å².